The molecular formula is C18H29NO2. The first-order valence-electron chi connectivity index (χ1n) is 8.01. The fourth-order valence-electron chi connectivity index (χ4n) is 3.18. The molecule has 1 heterocycles. The predicted molar refractivity (Wildman–Crippen MR) is 86.9 cm³/mol. The molecule has 1 saturated heterocycles. The average molecular weight is 291 g/mol. The van der Waals surface area contributed by atoms with Crippen molar-refractivity contribution in [1.82, 2.24) is 5.32 Å². The lowest BCUT2D eigenvalue weighted by Gasteiger charge is -2.33. The Balaban J connectivity index is 2.13. The van der Waals surface area contributed by atoms with E-state index in [1.807, 2.05) is 12.1 Å². The van der Waals surface area contributed by atoms with Crippen molar-refractivity contribution in [1.29, 1.82) is 0 Å². The molecule has 0 bridgehead atoms. The Morgan fingerprint density at radius 2 is 2.14 bits per heavy atom. The molecule has 0 spiro atoms. The van der Waals surface area contributed by atoms with Crippen LogP contribution in [0.2, 0.25) is 0 Å². The van der Waals surface area contributed by atoms with Crippen LogP contribution >= 0.6 is 0 Å². The summed E-state index contributed by atoms with van der Waals surface area (Å²) in [6, 6.07) is 8.34. The molecule has 1 fully saturated rings. The van der Waals surface area contributed by atoms with E-state index in [-0.39, 0.29) is 11.5 Å². The lowest BCUT2D eigenvalue weighted by atomic mass is 9.76. The second kappa shape index (κ2) is 7.28. The van der Waals surface area contributed by atoms with E-state index < -0.39 is 0 Å². The molecule has 1 N–H and O–H groups in total. The van der Waals surface area contributed by atoms with Crippen LogP contribution in [0.25, 0.3) is 0 Å². The Bertz CT molecular complexity index is 447. The summed E-state index contributed by atoms with van der Waals surface area (Å²) in [4.78, 5) is 0. The van der Waals surface area contributed by atoms with E-state index in [9.17, 15) is 0 Å². The van der Waals surface area contributed by atoms with Gasteiger partial charge in [0.2, 0.25) is 0 Å². The Hall–Kier alpha value is -1.06. The highest BCUT2D eigenvalue weighted by atomic mass is 16.5. The molecule has 0 radical (unpaired) electrons. The fraction of sp³-hybridized carbons (Fsp3) is 0.667. The van der Waals surface area contributed by atoms with Crippen molar-refractivity contribution in [3.05, 3.63) is 29.8 Å². The third-order valence-corrected chi connectivity index (χ3v) is 4.59. The van der Waals surface area contributed by atoms with E-state index in [1.54, 1.807) is 7.11 Å². The minimum absolute atomic E-state index is 0.170. The van der Waals surface area contributed by atoms with Gasteiger partial charge in [0, 0.05) is 18.6 Å². The summed E-state index contributed by atoms with van der Waals surface area (Å²) in [5.41, 5.74) is 1.45. The molecule has 1 aliphatic heterocycles. The van der Waals surface area contributed by atoms with Gasteiger partial charge in [0.05, 0.1) is 13.2 Å². The molecule has 1 aromatic rings. The second-order valence-electron chi connectivity index (χ2n) is 6.64. The summed E-state index contributed by atoms with van der Waals surface area (Å²) in [5, 5.41) is 3.63. The highest BCUT2D eigenvalue weighted by molar-refractivity contribution is 5.34. The molecule has 1 aromatic carbocycles. The molecule has 2 unspecified atom stereocenters. The Kier molecular flexibility index (Phi) is 5.65. The molecule has 118 valence electrons. The quantitative estimate of drug-likeness (QED) is 0.836. The van der Waals surface area contributed by atoms with Crippen LogP contribution in [0.15, 0.2) is 24.3 Å². The predicted octanol–water partition coefficient (Wildman–Crippen LogP) is 3.28. The van der Waals surface area contributed by atoms with E-state index in [0.29, 0.717) is 5.92 Å². The Morgan fingerprint density at radius 3 is 2.76 bits per heavy atom. The summed E-state index contributed by atoms with van der Waals surface area (Å²) < 4.78 is 11.4. The summed E-state index contributed by atoms with van der Waals surface area (Å²) in [6.07, 6.45) is 2.39. The van der Waals surface area contributed by atoms with Crippen LogP contribution in [0.5, 0.6) is 5.75 Å². The largest absolute Gasteiger partial charge is 0.496 e. The number of para-hydroxylation sites is 1. The van der Waals surface area contributed by atoms with Gasteiger partial charge in [0.1, 0.15) is 5.75 Å². The first-order valence-corrected chi connectivity index (χ1v) is 8.01. The van der Waals surface area contributed by atoms with Gasteiger partial charge >= 0.3 is 0 Å². The zero-order chi connectivity index (χ0) is 15.3. The van der Waals surface area contributed by atoms with Crippen LogP contribution in [0, 0.1) is 11.3 Å². The molecule has 0 aliphatic carbocycles. The van der Waals surface area contributed by atoms with Gasteiger partial charge in [-0.3, -0.25) is 0 Å². The van der Waals surface area contributed by atoms with Crippen LogP contribution in [-0.4, -0.2) is 32.9 Å². The minimum Gasteiger partial charge on any atom is -0.496 e. The minimum atomic E-state index is 0.170. The van der Waals surface area contributed by atoms with Gasteiger partial charge in [-0.1, -0.05) is 32.0 Å². The van der Waals surface area contributed by atoms with Crippen LogP contribution in [0.1, 0.15) is 32.8 Å². The number of ether oxygens (including phenoxy) is 2. The first-order chi connectivity index (χ1) is 10.1. The molecule has 2 rings (SSSR count). The van der Waals surface area contributed by atoms with Gasteiger partial charge < -0.3 is 14.8 Å². The number of hydrogen-bond donors (Lipinski definition) is 1. The van der Waals surface area contributed by atoms with Crippen LogP contribution in [-0.2, 0) is 11.2 Å². The Labute approximate surface area is 129 Å². The molecule has 2 atom stereocenters. The smallest absolute Gasteiger partial charge is 0.122 e. The van der Waals surface area contributed by atoms with Crippen molar-refractivity contribution >= 4 is 0 Å². The monoisotopic (exact) mass is 291 g/mol. The van der Waals surface area contributed by atoms with Crippen molar-refractivity contribution < 1.29 is 9.47 Å². The lowest BCUT2D eigenvalue weighted by molar-refractivity contribution is 0.0624. The summed E-state index contributed by atoms with van der Waals surface area (Å²) in [6.45, 7) is 9.62. The van der Waals surface area contributed by atoms with Gasteiger partial charge in [0.15, 0.2) is 0 Å². The normalized spacial score (nSPS) is 25.5. The van der Waals surface area contributed by atoms with Crippen molar-refractivity contribution in [2.45, 2.75) is 39.7 Å². The summed E-state index contributed by atoms with van der Waals surface area (Å²) in [7, 11) is 1.75. The molecule has 21 heavy (non-hydrogen) atoms. The standard InChI is InChI=1S/C18H29NO2/c1-14(2)12-19-13-18(9-10-21-15(18)3)11-16-7-5-6-8-17(16)20-4/h5-8,14-15,19H,9-13H2,1-4H3. The fourth-order valence-corrected chi connectivity index (χ4v) is 3.18. The van der Waals surface area contributed by atoms with Crippen LogP contribution in [0.3, 0.4) is 0 Å². The van der Waals surface area contributed by atoms with Gasteiger partial charge in [-0.15, -0.1) is 0 Å². The molecule has 0 amide bonds. The highest BCUT2D eigenvalue weighted by Crippen LogP contribution is 2.39. The topological polar surface area (TPSA) is 30.5 Å². The van der Waals surface area contributed by atoms with E-state index >= 15 is 0 Å². The summed E-state index contributed by atoms with van der Waals surface area (Å²) >= 11 is 0. The van der Waals surface area contributed by atoms with Gasteiger partial charge in [-0.25, -0.2) is 0 Å². The first kappa shape index (κ1) is 16.3. The van der Waals surface area contributed by atoms with Crippen LogP contribution in [0.4, 0.5) is 0 Å². The highest BCUT2D eigenvalue weighted by Gasteiger charge is 2.41. The van der Waals surface area contributed by atoms with Crippen molar-refractivity contribution in [2.24, 2.45) is 11.3 Å². The zero-order valence-electron chi connectivity index (χ0n) is 13.8. The van der Waals surface area contributed by atoms with Gasteiger partial charge in [-0.05, 0) is 43.9 Å². The van der Waals surface area contributed by atoms with Gasteiger partial charge in [-0.2, -0.15) is 0 Å². The van der Waals surface area contributed by atoms with Crippen molar-refractivity contribution in [2.75, 3.05) is 26.8 Å². The maximum atomic E-state index is 5.89. The maximum absolute atomic E-state index is 5.89. The van der Waals surface area contributed by atoms with E-state index in [0.717, 1.165) is 38.3 Å². The summed E-state index contributed by atoms with van der Waals surface area (Å²) in [5.74, 6) is 1.66. The third-order valence-electron chi connectivity index (χ3n) is 4.59. The van der Waals surface area contributed by atoms with Crippen LogP contribution < -0.4 is 10.1 Å². The molecule has 0 aromatic heterocycles. The number of rotatable bonds is 7. The third kappa shape index (κ3) is 3.98. The molecular weight excluding hydrogens is 262 g/mol. The van der Waals surface area contributed by atoms with Crippen molar-refractivity contribution in [3.63, 3.8) is 0 Å². The Morgan fingerprint density at radius 1 is 1.38 bits per heavy atom. The number of benzene rings is 1. The zero-order valence-corrected chi connectivity index (χ0v) is 13.8. The van der Waals surface area contributed by atoms with E-state index in [1.165, 1.54) is 5.56 Å². The molecule has 0 saturated carbocycles. The average Bonchev–Trinajstić information content (AvgIpc) is 2.80. The molecule has 3 nitrogen and oxygen atoms in total. The molecule has 3 heteroatoms. The molecule has 1 aliphatic rings. The number of hydrogen-bond acceptors (Lipinski definition) is 3. The number of nitrogens with one attached hydrogen (secondary N) is 1. The van der Waals surface area contributed by atoms with Gasteiger partial charge in [0.25, 0.3) is 0 Å². The van der Waals surface area contributed by atoms with E-state index in [2.05, 4.69) is 38.2 Å². The van der Waals surface area contributed by atoms with Crippen molar-refractivity contribution in [3.8, 4) is 5.75 Å². The van der Waals surface area contributed by atoms with E-state index in [4.69, 9.17) is 9.47 Å². The lowest BCUT2D eigenvalue weighted by Crippen LogP contribution is -2.42. The SMILES string of the molecule is COc1ccccc1CC1(CNCC(C)C)CCOC1C. The second-order valence-corrected chi connectivity index (χ2v) is 6.64. The maximum Gasteiger partial charge on any atom is 0.122 e. The number of methoxy groups -OCH3 is 1.